The van der Waals surface area contributed by atoms with Crippen LogP contribution in [0.2, 0.25) is 0 Å². The van der Waals surface area contributed by atoms with Crippen LogP contribution in [0.15, 0.2) is 71.8 Å². The van der Waals surface area contributed by atoms with E-state index in [1.807, 2.05) is 0 Å². The van der Waals surface area contributed by atoms with Crippen LogP contribution in [0.5, 0.6) is 0 Å². The van der Waals surface area contributed by atoms with Gasteiger partial charge in [0, 0.05) is 52.8 Å². The Morgan fingerprint density at radius 1 is 0.953 bits per heavy atom. The highest BCUT2D eigenvalue weighted by Crippen LogP contribution is 2.77. The summed E-state index contributed by atoms with van der Waals surface area (Å²) < 4.78 is 42.8. The maximum atomic E-state index is 15.9. The lowest BCUT2D eigenvalue weighted by Gasteiger charge is -2.78. The van der Waals surface area contributed by atoms with Crippen LogP contribution in [0.1, 0.15) is 89.7 Å². The standard InChI is InChI=1S/C47H58N2O15/c1-25-29(60-38(54)34(51)33(27-17-13-11-14-18-27)48-40(55)64-42(3,4)5)22-47(57)43(6)23-46(47,63-37(53)28-19-15-12-16-20-28)39-44(7,36(52)35(32(25)43)61-41(56)49(8)9)30(58-10)21-31-45(39,24-59-31)62-26(2)50/h11-20,29-31,33-35,39,51,57H,21-24H2,1-10H3,(H,48,55)/t29-,30-,31+,33-,34+,35+,39-,43-,44-,45-,46+,47-/m0/s1. The topological polar surface area (TPSA) is 223 Å². The largest absolute Gasteiger partial charge is 0.456 e. The third kappa shape index (κ3) is 7.15. The average Bonchev–Trinajstić information content (AvgIpc) is 3.22. The van der Waals surface area contributed by atoms with Gasteiger partial charge >= 0.3 is 30.1 Å². The molecule has 1 aliphatic heterocycles. The van der Waals surface area contributed by atoms with Crippen LogP contribution in [0, 0.1) is 16.7 Å². The van der Waals surface area contributed by atoms with E-state index in [9.17, 15) is 34.2 Å². The zero-order valence-corrected chi connectivity index (χ0v) is 37.8. The van der Waals surface area contributed by atoms with Crippen LogP contribution in [0.25, 0.3) is 0 Å². The molecule has 1 saturated heterocycles. The van der Waals surface area contributed by atoms with E-state index in [-0.39, 0.29) is 36.2 Å². The molecular weight excluding hydrogens is 833 g/mol. The van der Waals surface area contributed by atoms with Gasteiger partial charge in [-0.3, -0.25) is 9.59 Å². The molecule has 2 aromatic carbocycles. The van der Waals surface area contributed by atoms with Crippen LogP contribution >= 0.6 is 0 Å². The molecule has 0 spiro atoms. The number of carbonyl (C=O) groups excluding carboxylic acids is 6. The number of nitrogens with one attached hydrogen (secondary N) is 1. The highest BCUT2D eigenvalue weighted by molar-refractivity contribution is 5.96. The van der Waals surface area contributed by atoms with Gasteiger partial charge in [-0.1, -0.05) is 55.5 Å². The van der Waals surface area contributed by atoms with Crippen molar-refractivity contribution in [3.8, 4) is 0 Å². The summed E-state index contributed by atoms with van der Waals surface area (Å²) in [6.07, 6.45) is -9.69. The van der Waals surface area contributed by atoms with E-state index in [0.717, 1.165) is 4.90 Å². The van der Waals surface area contributed by atoms with Crippen LogP contribution in [-0.4, -0.2) is 132 Å². The summed E-state index contributed by atoms with van der Waals surface area (Å²) in [7, 11) is 4.26. The number of hydrogen-bond acceptors (Lipinski definition) is 15. The van der Waals surface area contributed by atoms with Crippen molar-refractivity contribution in [3.63, 3.8) is 0 Å². The summed E-state index contributed by atoms with van der Waals surface area (Å²) in [5.74, 6) is -4.97. The number of amides is 2. The molecule has 1 heterocycles. The van der Waals surface area contributed by atoms with Gasteiger partial charge in [-0.2, -0.15) is 0 Å². The molecule has 6 aliphatic rings. The van der Waals surface area contributed by atoms with Gasteiger partial charge in [0.1, 0.15) is 23.4 Å². The number of methoxy groups -OCH3 is 1. The predicted octanol–water partition coefficient (Wildman–Crippen LogP) is 4.37. The number of alkyl carbamates (subject to hydrolysis) is 1. The molecule has 346 valence electrons. The molecule has 12 atom stereocenters. The fraction of sp³-hybridized carbons (Fsp3) is 0.574. The van der Waals surface area contributed by atoms with Crippen LogP contribution in [0.3, 0.4) is 0 Å². The Hall–Kier alpha value is -5.36. The number of aliphatic hydroxyl groups excluding tert-OH is 1. The Morgan fingerprint density at radius 3 is 2.12 bits per heavy atom. The summed E-state index contributed by atoms with van der Waals surface area (Å²) >= 11 is 0. The van der Waals surface area contributed by atoms with E-state index in [0.29, 0.717) is 5.56 Å². The van der Waals surface area contributed by atoms with Crippen LogP contribution in [0.4, 0.5) is 9.59 Å². The Morgan fingerprint density at radius 2 is 1.58 bits per heavy atom. The number of hydrogen-bond donors (Lipinski definition) is 3. The van der Waals surface area contributed by atoms with Crippen molar-refractivity contribution in [2.75, 3.05) is 27.8 Å². The number of esters is 3. The van der Waals surface area contributed by atoms with Crippen LogP contribution < -0.4 is 5.32 Å². The Labute approximate surface area is 371 Å². The van der Waals surface area contributed by atoms with Gasteiger partial charge in [0.15, 0.2) is 29.2 Å². The Bertz CT molecular complexity index is 2240. The maximum Gasteiger partial charge on any atom is 0.410 e. The van der Waals surface area contributed by atoms with Crippen molar-refractivity contribution in [1.29, 1.82) is 0 Å². The molecule has 5 aliphatic carbocycles. The highest BCUT2D eigenvalue weighted by atomic mass is 16.6. The molecule has 8 rings (SSSR count). The number of rotatable bonds is 10. The van der Waals surface area contributed by atoms with Crippen molar-refractivity contribution < 1.29 is 72.1 Å². The minimum absolute atomic E-state index is 0.0331. The van der Waals surface area contributed by atoms with Gasteiger partial charge in [-0.25, -0.2) is 19.2 Å². The summed E-state index contributed by atoms with van der Waals surface area (Å²) in [6.45, 7) is 10.7. The maximum absolute atomic E-state index is 15.9. The van der Waals surface area contributed by atoms with E-state index in [1.165, 1.54) is 40.3 Å². The molecule has 2 aromatic rings. The van der Waals surface area contributed by atoms with Gasteiger partial charge in [0.2, 0.25) is 0 Å². The Balaban J connectivity index is 1.43. The number of benzene rings is 2. The number of carbonyl (C=O) groups is 6. The van der Waals surface area contributed by atoms with E-state index in [4.69, 9.17) is 33.2 Å². The fourth-order valence-electron chi connectivity index (χ4n) is 11.4. The predicted molar refractivity (Wildman–Crippen MR) is 224 cm³/mol. The van der Waals surface area contributed by atoms with Gasteiger partial charge < -0.3 is 53.6 Å². The zero-order chi connectivity index (χ0) is 46.9. The van der Waals surface area contributed by atoms with Crippen molar-refractivity contribution in [2.45, 2.75) is 127 Å². The monoisotopic (exact) mass is 890 g/mol. The highest BCUT2D eigenvalue weighted by Gasteiger charge is 2.89. The normalized spacial score (nSPS) is 34.6. The average molecular weight is 891 g/mol. The summed E-state index contributed by atoms with van der Waals surface area (Å²) in [4.78, 5) is 85.9. The molecule has 2 amide bonds. The number of Topliss-reactive ketones (excluding diaryl/α,β-unsaturated/α-hetero) is 1. The number of ether oxygens (including phenoxy) is 7. The van der Waals surface area contributed by atoms with E-state index >= 15 is 4.79 Å². The Kier molecular flexibility index (Phi) is 11.8. The summed E-state index contributed by atoms with van der Waals surface area (Å²) in [5, 5.41) is 28.2. The number of ketones is 1. The number of fused-ring (bicyclic) bond motifs is 2. The minimum Gasteiger partial charge on any atom is -0.456 e. The second-order valence-corrected chi connectivity index (χ2v) is 19.3. The molecule has 0 radical (unpaired) electrons. The van der Waals surface area contributed by atoms with E-state index in [1.54, 1.807) is 90.1 Å². The molecule has 64 heavy (non-hydrogen) atoms. The number of aliphatic hydroxyl groups is 2. The lowest BCUT2D eigenvalue weighted by Crippen LogP contribution is -2.91. The molecule has 17 heteroatoms. The van der Waals surface area contributed by atoms with Gasteiger partial charge in [-0.15, -0.1) is 0 Å². The van der Waals surface area contributed by atoms with Crippen LogP contribution in [-0.2, 0) is 47.5 Å². The first-order valence-electron chi connectivity index (χ1n) is 21.3. The zero-order valence-electron chi connectivity index (χ0n) is 37.8. The van der Waals surface area contributed by atoms with Gasteiger partial charge in [-0.05, 0) is 63.5 Å². The summed E-state index contributed by atoms with van der Waals surface area (Å²) in [5.41, 5.74) is -9.64. The first-order chi connectivity index (χ1) is 29.9. The third-order valence-electron chi connectivity index (χ3n) is 14.1. The second kappa shape index (κ2) is 16.3. The smallest absolute Gasteiger partial charge is 0.410 e. The van der Waals surface area contributed by atoms with E-state index in [2.05, 4.69) is 5.32 Å². The van der Waals surface area contributed by atoms with Crippen molar-refractivity contribution in [3.05, 3.63) is 82.9 Å². The fourth-order valence-corrected chi connectivity index (χ4v) is 11.4. The minimum atomic E-state index is -2.29. The summed E-state index contributed by atoms with van der Waals surface area (Å²) in [6, 6.07) is 14.8. The van der Waals surface area contributed by atoms with Crippen molar-refractivity contribution in [1.82, 2.24) is 10.2 Å². The first-order valence-corrected chi connectivity index (χ1v) is 21.3. The van der Waals surface area contributed by atoms with Gasteiger partial charge in [0.25, 0.3) is 0 Å². The molecule has 4 bridgehead atoms. The lowest BCUT2D eigenvalue weighted by atomic mass is 9.31. The molecule has 0 aromatic heterocycles. The second-order valence-electron chi connectivity index (χ2n) is 19.3. The quantitative estimate of drug-likeness (QED) is 0.171. The molecule has 3 N–H and O–H groups in total. The van der Waals surface area contributed by atoms with Crippen molar-refractivity contribution in [2.24, 2.45) is 16.7 Å². The SMILES string of the molecule is CO[C@H]1C[C@H]2OC[C@@]2(OC(C)=O)[C@@H]2[C@]1(C)C(=O)[C@H](OC(=O)N(C)C)C1=C(C)[C@@H](OC(=O)[C@H](O)[C@@H](NC(=O)OC(C)(C)C)c3ccccc3)C[C@]3(O)[C@@]1(C)C[C@@]23OC(=O)c1ccccc1. The molecule has 17 nitrogen and oxygen atoms in total. The van der Waals surface area contributed by atoms with Gasteiger partial charge in [0.05, 0.1) is 35.6 Å². The third-order valence-corrected chi connectivity index (χ3v) is 14.1. The molecule has 4 saturated carbocycles. The van der Waals surface area contributed by atoms with E-state index < -0.39 is 118 Å². The van der Waals surface area contributed by atoms with Crippen molar-refractivity contribution >= 4 is 35.9 Å². The number of nitrogens with zero attached hydrogens (tertiary/aromatic N) is 1. The lowest BCUT2D eigenvalue weighted by molar-refractivity contribution is -0.404. The first kappa shape index (κ1) is 46.6. The molecule has 0 unspecified atom stereocenters. The molecule has 5 fully saturated rings. The molecular formula is C47H58N2O15.